The smallest absolute Gasteiger partial charge is 0.311 e. The van der Waals surface area contributed by atoms with Crippen molar-refractivity contribution in [1.29, 1.82) is 0 Å². The Hall–Kier alpha value is -0.690. The highest BCUT2D eigenvalue weighted by molar-refractivity contribution is 5.72. The maximum absolute atomic E-state index is 12.8. The highest BCUT2D eigenvalue weighted by atomic mass is 17.0. The highest BCUT2D eigenvalue weighted by Gasteiger charge is 2.53. The third kappa shape index (κ3) is 5.72. The zero-order valence-corrected chi connectivity index (χ0v) is 18.9. The Morgan fingerprint density at radius 1 is 0.966 bits per heavy atom. The number of carbonyl (C=O) groups excluding carboxylic acids is 1. The summed E-state index contributed by atoms with van der Waals surface area (Å²) in [6.45, 7) is 11.0. The number of rotatable bonds is 6. The van der Waals surface area contributed by atoms with E-state index in [-0.39, 0.29) is 30.2 Å². The van der Waals surface area contributed by atoms with Gasteiger partial charge >= 0.3 is 5.97 Å². The standard InChI is InChI=1S/C23H40O4.H2O2/c1-6-8-17(9-7-2)21(24)26-22-16(5)19-12-10-14(3)18-13-11-15(4)25-23(27-22)20(18)19;1-2/h14-20,22-23H,6-13H2,1-5H3;1-2H/t14-,15+,16-,18+,19?,20?,22?,23+;/m1./s1. The van der Waals surface area contributed by atoms with Crippen molar-refractivity contribution in [3.63, 3.8) is 0 Å². The van der Waals surface area contributed by atoms with Crippen molar-refractivity contribution >= 4 is 5.97 Å². The van der Waals surface area contributed by atoms with Crippen LogP contribution < -0.4 is 0 Å². The summed E-state index contributed by atoms with van der Waals surface area (Å²) >= 11 is 0. The zero-order valence-electron chi connectivity index (χ0n) is 18.9. The fourth-order valence-corrected chi connectivity index (χ4v) is 5.87. The van der Waals surface area contributed by atoms with Crippen LogP contribution in [0.4, 0.5) is 0 Å². The molecule has 3 unspecified atom stereocenters. The van der Waals surface area contributed by atoms with Crippen molar-refractivity contribution in [3.05, 3.63) is 0 Å². The Kier molecular flexibility index (Phi) is 9.86. The Morgan fingerprint density at radius 3 is 2.21 bits per heavy atom. The van der Waals surface area contributed by atoms with Gasteiger partial charge in [-0.1, -0.05) is 47.0 Å². The second-order valence-corrected chi connectivity index (χ2v) is 9.43. The Bertz CT molecular complexity index is 492. The molecule has 1 aliphatic carbocycles. The number of hydrogen-bond donors (Lipinski definition) is 2. The predicted molar refractivity (Wildman–Crippen MR) is 111 cm³/mol. The van der Waals surface area contributed by atoms with Gasteiger partial charge in [0.05, 0.1) is 12.0 Å². The monoisotopic (exact) mass is 414 g/mol. The van der Waals surface area contributed by atoms with Crippen LogP contribution in [-0.2, 0) is 19.0 Å². The summed E-state index contributed by atoms with van der Waals surface area (Å²) in [5.74, 6) is 2.56. The molecule has 6 heteroatoms. The fraction of sp³-hybridized carbons (Fsp3) is 0.957. The molecule has 0 aromatic carbocycles. The van der Waals surface area contributed by atoms with Gasteiger partial charge in [-0.05, 0) is 56.8 Å². The van der Waals surface area contributed by atoms with E-state index in [9.17, 15) is 4.79 Å². The van der Waals surface area contributed by atoms with Crippen molar-refractivity contribution < 1.29 is 29.5 Å². The molecule has 3 aliphatic rings. The van der Waals surface area contributed by atoms with Gasteiger partial charge in [0.25, 0.3) is 0 Å². The molecule has 0 radical (unpaired) electrons. The van der Waals surface area contributed by atoms with E-state index < -0.39 is 6.29 Å². The lowest BCUT2D eigenvalue weighted by Gasteiger charge is -2.51. The minimum absolute atomic E-state index is 0.00151. The molecule has 29 heavy (non-hydrogen) atoms. The lowest BCUT2D eigenvalue weighted by molar-refractivity contribution is -0.326. The van der Waals surface area contributed by atoms with Gasteiger partial charge in [0.15, 0.2) is 6.29 Å². The first-order valence-corrected chi connectivity index (χ1v) is 11.7. The first kappa shape index (κ1) is 24.6. The van der Waals surface area contributed by atoms with E-state index in [1.807, 2.05) is 0 Å². The lowest BCUT2D eigenvalue weighted by Crippen LogP contribution is -2.54. The minimum atomic E-state index is -0.459. The minimum Gasteiger partial charge on any atom is -0.435 e. The summed E-state index contributed by atoms with van der Waals surface area (Å²) in [5.41, 5.74) is 0. The van der Waals surface area contributed by atoms with E-state index in [0.29, 0.717) is 17.8 Å². The molecular formula is C23H42O6. The van der Waals surface area contributed by atoms with E-state index in [2.05, 4.69) is 34.6 Å². The molecule has 0 aromatic rings. The fourth-order valence-electron chi connectivity index (χ4n) is 5.87. The average Bonchev–Trinajstić information content (AvgIpc) is 2.88. The Labute approximate surface area is 176 Å². The van der Waals surface area contributed by atoms with Crippen LogP contribution in [0.15, 0.2) is 0 Å². The van der Waals surface area contributed by atoms with Gasteiger partial charge in [-0.15, -0.1) is 0 Å². The van der Waals surface area contributed by atoms with E-state index in [1.165, 1.54) is 19.3 Å². The van der Waals surface area contributed by atoms with Gasteiger partial charge in [0, 0.05) is 11.8 Å². The summed E-state index contributed by atoms with van der Waals surface area (Å²) in [5, 5.41) is 12.0. The van der Waals surface area contributed by atoms with Gasteiger partial charge in [0.2, 0.25) is 6.29 Å². The number of esters is 1. The van der Waals surface area contributed by atoms with Crippen LogP contribution in [0.1, 0.15) is 86.0 Å². The molecule has 0 bridgehead atoms. The molecule has 6 nitrogen and oxygen atoms in total. The van der Waals surface area contributed by atoms with Crippen molar-refractivity contribution in [2.75, 3.05) is 0 Å². The molecule has 3 rings (SSSR count). The molecule has 2 N–H and O–H groups in total. The maximum atomic E-state index is 12.8. The average molecular weight is 415 g/mol. The molecule has 0 spiro atoms. The van der Waals surface area contributed by atoms with Crippen molar-refractivity contribution in [2.24, 2.45) is 35.5 Å². The summed E-state index contributed by atoms with van der Waals surface area (Å²) in [7, 11) is 0. The van der Waals surface area contributed by atoms with E-state index >= 15 is 0 Å². The van der Waals surface area contributed by atoms with Gasteiger partial charge in [-0.2, -0.15) is 0 Å². The molecule has 3 fully saturated rings. The Balaban J connectivity index is 0.00000145. The Morgan fingerprint density at radius 2 is 1.59 bits per heavy atom. The van der Waals surface area contributed by atoms with E-state index in [1.54, 1.807) is 0 Å². The molecular weight excluding hydrogens is 372 g/mol. The lowest BCUT2D eigenvalue weighted by atomic mass is 9.61. The van der Waals surface area contributed by atoms with Crippen LogP contribution in [0.25, 0.3) is 0 Å². The normalized spacial score (nSPS) is 39.0. The largest absolute Gasteiger partial charge is 0.435 e. The van der Waals surface area contributed by atoms with Crippen molar-refractivity contribution in [2.45, 2.75) is 105 Å². The predicted octanol–water partition coefficient (Wildman–Crippen LogP) is 5.56. The summed E-state index contributed by atoms with van der Waals surface area (Å²) in [4.78, 5) is 12.8. The van der Waals surface area contributed by atoms with Crippen LogP contribution in [0.3, 0.4) is 0 Å². The second kappa shape index (κ2) is 11.6. The van der Waals surface area contributed by atoms with Crippen LogP contribution in [0.5, 0.6) is 0 Å². The quantitative estimate of drug-likeness (QED) is 0.336. The third-order valence-electron chi connectivity index (χ3n) is 7.48. The first-order valence-electron chi connectivity index (χ1n) is 11.7. The number of hydrogen-bond acceptors (Lipinski definition) is 6. The molecule has 2 aliphatic heterocycles. The van der Waals surface area contributed by atoms with Gasteiger partial charge in [-0.25, -0.2) is 0 Å². The topological polar surface area (TPSA) is 85.2 Å². The van der Waals surface area contributed by atoms with E-state index in [0.717, 1.165) is 38.0 Å². The molecule has 1 saturated carbocycles. The van der Waals surface area contributed by atoms with Crippen molar-refractivity contribution in [1.82, 2.24) is 0 Å². The van der Waals surface area contributed by atoms with Gasteiger partial charge in [-0.3, -0.25) is 15.3 Å². The summed E-state index contributed by atoms with van der Waals surface area (Å²) in [6.07, 6.45) is 8.15. The molecule has 170 valence electrons. The molecule has 0 amide bonds. The highest BCUT2D eigenvalue weighted by Crippen LogP contribution is 2.52. The van der Waals surface area contributed by atoms with E-state index in [4.69, 9.17) is 24.7 Å². The molecule has 2 heterocycles. The molecule has 8 atom stereocenters. The third-order valence-corrected chi connectivity index (χ3v) is 7.48. The molecule has 0 aromatic heterocycles. The SMILES string of the molecule is CCCC(CCC)C(=O)OC1O[C@@H]2O[C@@H](C)CC[C@@H]3C2C(CC[C@H]3C)[C@H]1C.OO. The molecule has 2 saturated heterocycles. The first-order chi connectivity index (χ1) is 14.0. The van der Waals surface area contributed by atoms with Crippen LogP contribution in [0, 0.1) is 35.5 Å². The van der Waals surface area contributed by atoms with Crippen LogP contribution in [-0.4, -0.2) is 35.2 Å². The summed E-state index contributed by atoms with van der Waals surface area (Å²) in [6, 6.07) is 0. The number of ether oxygens (including phenoxy) is 3. The van der Waals surface area contributed by atoms with Crippen molar-refractivity contribution in [3.8, 4) is 0 Å². The second-order valence-electron chi connectivity index (χ2n) is 9.43. The maximum Gasteiger partial charge on any atom is 0.311 e. The zero-order chi connectivity index (χ0) is 21.6. The number of carbonyl (C=O) groups is 1. The van der Waals surface area contributed by atoms with Crippen LogP contribution >= 0.6 is 0 Å². The van der Waals surface area contributed by atoms with Gasteiger partial charge in [0.1, 0.15) is 0 Å². The van der Waals surface area contributed by atoms with Crippen LogP contribution in [0.2, 0.25) is 0 Å². The summed E-state index contributed by atoms with van der Waals surface area (Å²) < 4.78 is 18.6. The van der Waals surface area contributed by atoms with Gasteiger partial charge < -0.3 is 14.2 Å².